The van der Waals surface area contributed by atoms with Crippen molar-refractivity contribution in [2.75, 3.05) is 33.3 Å². The number of hydrogen-bond acceptors (Lipinski definition) is 5. The molecule has 1 N–H and O–H groups in total. The van der Waals surface area contributed by atoms with E-state index < -0.39 is 0 Å². The van der Waals surface area contributed by atoms with Gasteiger partial charge in [-0.25, -0.2) is 4.98 Å². The third-order valence-electron chi connectivity index (χ3n) is 3.32. The Kier molecular flexibility index (Phi) is 5.12. The number of rotatable bonds is 5. The Morgan fingerprint density at radius 2 is 2.44 bits per heavy atom. The van der Waals surface area contributed by atoms with Gasteiger partial charge in [0.05, 0.1) is 29.5 Å². The summed E-state index contributed by atoms with van der Waals surface area (Å²) in [6.07, 6.45) is 1.36. The summed E-state index contributed by atoms with van der Waals surface area (Å²) in [5.41, 5.74) is 1.16. The number of thiazole rings is 1. The van der Waals surface area contributed by atoms with E-state index >= 15 is 0 Å². The summed E-state index contributed by atoms with van der Waals surface area (Å²) < 4.78 is 5.93. The zero-order valence-corrected chi connectivity index (χ0v) is 12.3. The summed E-state index contributed by atoms with van der Waals surface area (Å²) in [5, 5.41) is 6.75. The number of ether oxygens (including phenoxy) is 1. The Morgan fingerprint density at radius 3 is 3.11 bits per heavy atom. The van der Waals surface area contributed by atoms with Crippen molar-refractivity contribution in [2.45, 2.75) is 32.4 Å². The normalized spacial score (nSPS) is 25.5. The van der Waals surface area contributed by atoms with Crippen molar-refractivity contribution in [1.29, 1.82) is 0 Å². The van der Waals surface area contributed by atoms with Crippen LogP contribution in [0.25, 0.3) is 0 Å². The Labute approximate surface area is 113 Å². The molecule has 4 nitrogen and oxygen atoms in total. The largest absolute Gasteiger partial charge is 0.374 e. The van der Waals surface area contributed by atoms with Crippen LogP contribution in [0.3, 0.4) is 0 Å². The minimum Gasteiger partial charge on any atom is -0.374 e. The van der Waals surface area contributed by atoms with Crippen molar-refractivity contribution in [2.24, 2.45) is 0 Å². The number of hydrogen-bond donors (Lipinski definition) is 1. The molecule has 1 aliphatic heterocycles. The average Bonchev–Trinajstić information content (AvgIpc) is 2.76. The molecule has 1 aromatic heterocycles. The maximum absolute atomic E-state index is 5.93. The van der Waals surface area contributed by atoms with Crippen molar-refractivity contribution >= 4 is 11.3 Å². The lowest BCUT2D eigenvalue weighted by Gasteiger charge is -2.38. The maximum Gasteiger partial charge on any atom is 0.0912 e. The van der Waals surface area contributed by atoms with E-state index in [1.165, 1.54) is 0 Å². The highest BCUT2D eigenvalue weighted by atomic mass is 32.1. The van der Waals surface area contributed by atoms with Crippen LogP contribution in [0.1, 0.15) is 30.1 Å². The summed E-state index contributed by atoms with van der Waals surface area (Å²) in [7, 11) is 2.16. The van der Waals surface area contributed by atoms with Gasteiger partial charge in [0.15, 0.2) is 0 Å². The summed E-state index contributed by atoms with van der Waals surface area (Å²) >= 11 is 1.72. The van der Waals surface area contributed by atoms with Crippen LogP contribution in [0.2, 0.25) is 0 Å². The number of nitrogens with one attached hydrogen (secondary N) is 1. The predicted octanol–water partition coefficient (Wildman–Crippen LogP) is 1.82. The fourth-order valence-electron chi connectivity index (χ4n) is 2.39. The van der Waals surface area contributed by atoms with E-state index in [4.69, 9.17) is 4.74 Å². The molecule has 2 unspecified atom stereocenters. The zero-order valence-electron chi connectivity index (χ0n) is 11.5. The molecule has 0 radical (unpaired) electrons. The van der Waals surface area contributed by atoms with Gasteiger partial charge in [0.1, 0.15) is 0 Å². The third-order valence-corrected chi connectivity index (χ3v) is 4.11. The topological polar surface area (TPSA) is 37.4 Å². The second-order valence-corrected chi connectivity index (χ2v) is 5.89. The van der Waals surface area contributed by atoms with Crippen molar-refractivity contribution < 1.29 is 4.74 Å². The number of aromatic nitrogens is 1. The van der Waals surface area contributed by atoms with Gasteiger partial charge in [-0.1, -0.05) is 6.92 Å². The minimum absolute atomic E-state index is 0.205. The van der Waals surface area contributed by atoms with Crippen LogP contribution in [0.15, 0.2) is 5.38 Å². The van der Waals surface area contributed by atoms with E-state index in [1.807, 2.05) is 0 Å². The Morgan fingerprint density at radius 1 is 1.61 bits per heavy atom. The van der Waals surface area contributed by atoms with Gasteiger partial charge in [-0.3, -0.25) is 4.90 Å². The molecule has 2 rings (SSSR count). The first-order valence-corrected chi connectivity index (χ1v) is 7.55. The van der Waals surface area contributed by atoms with Gasteiger partial charge in [-0.05, 0) is 26.9 Å². The lowest BCUT2D eigenvalue weighted by molar-refractivity contribution is -0.0624. The molecule has 0 spiro atoms. The molecule has 1 fully saturated rings. The molecule has 102 valence electrons. The SMILES string of the molecule is CCCNCC1OCCN(C)C1c1csc(C)n1. The molecule has 1 saturated heterocycles. The monoisotopic (exact) mass is 269 g/mol. The first-order chi connectivity index (χ1) is 8.72. The van der Waals surface area contributed by atoms with E-state index in [0.717, 1.165) is 43.4 Å². The van der Waals surface area contributed by atoms with Crippen LogP contribution < -0.4 is 5.32 Å². The van der Waals surface area contributed by atoms with E-state index in [2.05, 4.69) is 41.5 Å². The first kappa shape index (κ1) is 13.9. The Balaban J connectivity index is 2.05. The minimum atomic E-state index is 0.205. The molecule has 5 heteroatoms. The molecule has 1 aromatic rings. The standard InChI is InChI=1S/C13H23N3OS/c1-4-5-14-8-12-13(16(3)6-7-17-12)11-9-18-10(2)15-11/h9,12-14H,4-8H2,1-3H3. The van der Waals surface area contributed by atoms with Gasteiger partial charge < -0.3 is 10.1 Å². The highest BCUT2D eigenvalue weighted by Gasteiger charge is 2.32. The fraction of sp³-hybridized carbons (Fsp3) is 0.769. The molecule has 0 bridgehead atoms. The molecular formula is C13H23N3OS. The molecule has 0 aromatic carbocycles. The van der Waals surface area contributed by atoms with Crippen molar-refractivity contribution in [3.63, 3.8) is 0 Å². The zero-order chi connectivity index (χ0) is 13.0. The Hall–Kier alpha value is -0.490. The van der Waals surface area contributed by atoms with Crippen molar-refractivity contribution in [1.82, 2.24) is 15.2 Å². The van der Waals surface area contributed by atoms with Gasteiger partial charge >= 0.3 is 0 Å². The number of nitrogens with zero attached hydrogens (tertiary/aromatic N) is 2. The van der Waals surface area contributed by atoms with Crippen molar-refractivity contribution in [3.05, 3.63) is 16.1 Å². The van der Waals surface area contributed by atoms with Gasteiger partial charge in [0, 0.05) is 18.5 Å². The second-order valence-electron chi connectivity index (χ2n) is 4.83. The number of morpholine rings is 1. The molecule has 1 aliphatic rings. The summed E-state index contributed by atoms with van der Waals surface area (Å²) in [6, 6.07) is 0.285. The van der Waals surface area contributed by atoms with Crippen LogP contribution in [0.4, 0.5) is 0 Å². The van der Waals surface area contributed by atoms with Gasteiger partial charge in [-0.15, -0.1) is 11.3 Å². The highest BCUT2D eigenvalue weighted by molar-refractivity contribution is 7.09. The van der Waals surface area contributed by atoms with Crippen LogP contribution in [-0.4, -0.2) is 49.3 Å². The van der Waals surface area contributed by atoms with Gasteiger partial charge in [0.25, 0.3) is 0 Å². The maximum atomic E-state index is 5.93. The van der Waals surface area contributed by atoms with Crippen LogP contribution >= 0.6 is 11.3 Å². The molecule has 0 amide bonds. The Bertz CT molecular complexity index is 369. The molecule has 18 heavy (non-hydrogen) atoms. The first-order valence-electron chi connectivity index (χ1n) is 6.67. The molecular weight excluding hydrogens is 246 g/mol. The fourth-order valence-corrected chi connectivity index (χ4v) is 3.03. The average molecular weight is 269 g/mol. The predicted molar refractivity (Wildman–Crippen MR) is 75.1 cm³/mol. The van der Waals surface area contributed by atoms with Crippen molar-refractivity contribution in [3.8, 4) is 0 Å². The highest BCUT2D eigenvalue weighted by Crippen LogP contribution is 2.28. The lowest BCUT2D eigenvalue weighted by Crippen LogP contribution is -2.47. The summed E-state index contributed by atoms with van der Waals surface area (Å²) in [4.78, 5) is 6.99. The number of likely N-dealkylation sites (N-methyl/N-ethyl adjacent to an activating group) is 1. The van der Waals surface area contributed by atoms with E-state index in [9.17, 15) is 0 Å². The molecule has 2 heterocycles. The smallest absolute Gasteiger partial charge is 0.0912 e. The lowest BCUT2D eigenvalue weighted by atomic mass is 10.0. The van der Waals surface area contributed by atoms with Crippen LogP contribution in [-0.2, 0) is 4.74 Å². The van der Waals surface area contributed by atoms with E-state index in [1.54, 1.807) is 11.3 Å². The van der Waals surface area contributed by atoms with Gasteiger partial charge in [-0.2, -0.15) is 0 Å². The van der Waals surface area contributed by atoms with Crippen LogP contribution in [0, 0.1) is 6.92 Å². The second kappa shape index (κ2) is 6.61. The third kappa shape index (κ3) is 3.29. The van der Waals surface area contributed by atoms with Crippen LogP contribution in [0.5, 0.6) is 0 Å². The quantitative estimate of drug-likeness (QED) is 0.828. The molecule has 0 aliphatic carbocycles. The molecule has 0 saturated carbocycles. The summed E-state index contributed by atoms with van der Waals surface area (Å²) in [6.45, 7) is 7.98. The number of aryl methyl sites for hydroxylation is 1. The van der Waals surface area contributed by atoms with Gasteiger partial charge in [0.2, 0.25) is 0 Å². The van der Waals surface area contributed by atoms with E-state index in [0.29, 0.717) is 0 Å². The molecule has 2 atom stereocenters. The summed E-state index contributed by atoms with van der Waals surface area (Å²) in [5.74, 6) is 0. The van der Waals surface area contributed by atoms with E-state index in [-0.39, 0.29) is 12.1 Å².